The van der Waals surface area contributed by atoms with Gasteiger partial charge in [0.2, 0.25) is 0 Å². The molecule has 0 bridgehead atoms. The second kappa shape index (κ2) is 10.5. The number of halogens is 5. The maximum absolute atomic E-state index is 13.3. The van der Waals surface area contributed by atoms with Gasteiger partial charge in [-0.15, -0.1) is 0 Å². The fourth-order valence-corrected chi connectivity index (χ4v) is 5.00. The summed E-state index contributed by atoms with van der Waals surface area (Å²) in [4.78, 5) is 12.3. The smallest absolute Gasteiger partial charge is 0.404 e. The van der Waals surface area contributed by atoms with Crippen LogP contribution in [-0.2, 0) is 9.84 Å². The van der Waals surface area contributed by atoms with Gasteiger partial charge in [0, 0.05) is 27.5 Å². The van der Waals surface area contributed by atoms with Crippen LogP contribution in [0.5, 0.6) is 5.75 Å². The van der Waals surface area contributed by atoms with Crippen LogP contribution in [0.3, 0.4) is 0 Å². The maximum atomic E-state index is 13.3. The largest absolute Gasteiger partial charge is 0.435 e. The lowest BCUT2D eigenvalue weighted by molar-refractivity contribution is -0.0498. The number of sulfone groups is 1. The van der Waals surface area contributed by atoms with Crippen LogP contribution in [0.4, 0.5) is 28.0 Å². The molecule has 1 aliphatic heterocycles. The van der Waals surface area contributed by atoms with Gasteiger partial charge in [0.25, 0.3) is 9.84 Å². The molecule has 0 radical (unpaired) electrons. The zero-order chi connectivity index (χ0) is 26.8. The number of hydrazone groups is 1. The fourth-order valence-electron chi connectivity index (χ4n) is 3.68. The molecular formula is C24H18BrF4N3O4S. The Morgan fingerprint density at radius 3 is 2.22 bits per heavy atom. The number of amides is 2. The number of nitrogens with one attached hydrogen (secondary N) is 1. The van der Waals surface area contributed by atoms with Gasteiger partial charge in [-0.05, 0) is 59.7 Å². The molecule has 1 N–H and O–H groups in total. The molecule has 2 amide bonds. The number of nitrogens with zero attached hydrogens (tertiary/aromatic N) is 2. The first-order valence-electron chi connectivity index (χ1n) is 10.6. The molecule has 1 atom stereocenters. The summed E-state index contributed by atoms with van der Waals surface area (Å²) in [6.45, 7) is -2.81. The Hall–Kier alpha value is -3.45. The number of urea groups is 1. The fraction of sp³-hybridized carbons (Fsp3) is 0.167. The van der Waals surface area contributed by atoms with E-state index in [1.54, 1.807) is 12.1 Å². The monoisotopic (exact) mass is 599 g/mol. The number of rotatable bonds is 7. The van der Waals surface area contributed by atoms with Crippen LogP contribution in [0.2, 0.25) is 0 Å². The topological polar surface area (TPSA) is 88.1 Å². The summed E-state index contributed by atoms with van der Waals surface area (Å²) >= 11 is 1.85. The number of ether oxygens (including phenoxy) is 1. The van der Waals surface area contributed by atoms with E-state index in [0.29, 0.717) is 11.3 Å². The number of carbonyl (C=O) groups is 1. The minimum Gasteiger partial charge on any atom is -0.435 e. The van der Waals surface area contributed by atoms with Crippen LogP contribution in [0.15, 0.2) is 88.9 Å². The molecule has 1 heterocycles. The summed E-state index contributed by atoms with van der Waals surface area (Å²) in [7, 11) is -4.94. The van der Waals surface area contributed by atoms with Crippen molar-refractivity contribution in [3.05, 3.63) is 90.0 Å². The third kappa shape index (κ3) is 5.93. The Balaban J connectivity index is 1.56. The molecule has 1 aliphatic rings. The van der Waals surface area contributed by atoms with Crippen molar-refractivity contribution < 1.29 is 35.5 Å². The van der Waals surface area contributed by atoms with Gasteiger partial charge in [0.05, 0.1) is 17.2 Å². The van der Waals surface area contributed by atoms with Crippen LogP contribution in [-0.4, -0.2) is 42.5 Å². The lowest BCUT2D eigenvalue weighted by Crippen LogP contribution is -2.30. The second-order valence-corrected chi connectivity index (χ2v) is 11.3. The summed E-state index contributed by atoms with van der Waals surface area (Å²) in [5.74, 6) is -0.353. The average molecular weight is 600 g/mol. The van der Waals surface area contributed by atoms with Gasteiger partial charge in [-0.3, -0.25) is 0 Å². The lowest BCUT2D eigenvalue weighted by atomic mass is 9.90. The molecule has 194 valence electrons. The molecule has 0 saturated heterocycles. The number of anilines is 1. The number of benzene rings is 3. The molecule has 1 unspecified atom stereocenters. The Morgan fingerprint density at radius 2 is 1.65 bits per heavy atom. The van der Waals surface area contributed by atoms with Gasteiger partial charge < -0.3 is 10.1 Å². The number of carbonyl (C=O) groups excluding carboxylic acids is 1. The summed E-state index contributed by atoms with van der Waals surface area (Å²) in [6, 6.07) is 18.7. The zero-order valence-corrected chi connectivity index (χ0v) is 21.1. The van der Waals surface area contributed by atoms with E-state index in [-0.39, 0.29) is 23.9 Å². The second-order valence-electron chi connectivity index (χ2n) is 7.84. The highest BCUT2D eigenvalue weighted by atomic mass is 79.9. The van der Waals surface area contributed by atoms with E-state index in [1.165, 1.54) is 29.3 Å². The Kier molecular flexibility index (Phi) is 7.55. The molecule has 0 fully saturated rings. The predicted molar refractivity (Wildman–Crippen MR) is 132 cm³/mol. The van der Waals surface area contributed by atoms with Crippen molar-refractivity contribution in [3.63, 3.8) is 0 Å². The molecule has 3 aromatic carbocycles. The summed E-state index contributed by atoms with van der Waals surface area (Å²) < 4.78 is 75.6. The van der Waals surface area contributed by atoms with Gasteiger partial charge in [-0.25, -0.2) is 18.2 Å². The first-order chi connectivity index (χ1) is 17.5. The van der Waals surface area contributed by atoms with E-state index in [1.807, 2.05) is 46.3 Å². The molecule has 0 aliphatic carbocycles. The summed E-state index contributed by atoms with van der Waals surface area (Å²) in [6.07, 6.45) is 0. The molecule has 4 rings (SSSR count). The van der Waals surface area contributed by atoms with Crippen molar-refractivity contribution in [2.24, 2.45) is 5.10 Å². The van der Waals surface area contributed by atoms with E-state index in [4.69, 9.17) is 0 Å². The summed E-state index contributed by atoms with van der Waals surface area (Å²) in [5, 5.41) is 8.17. The molecular weight excluding hydrogens is 582 g/mol. The number of alkyl halides is 5. The predicted octanol–water partition coefficient (Wildman–Crippen LogP) is 6.04. The quantitative estimate of drug-likeness (QED) is 0.265. The van der Waals surface area contributed by atoms with E-state index in [2.05, 4.69) is 15.2 Å². The minimum atomic E-state index is -4.94. The van der Waals surface area contributed by atoms with Gasteiger partial charge in [0.1, 0.15) is 5.75 Å². The maximum Gasteiger partial charge on any atom is 0.404 e. The van der Waals surface area contributed by atoms with Crippen molar-refractivity contribution in [2.75, 3.05) is 11.9 Å². The zero-order valence-electron chi connectivity index (χ0n) is 18.7. The van der Waals surface area contributed by atoms with E-state index < -0.39 is 31.5 Å². The Labute approximate surface area is 217 Å². The first-order valence-corrected chi connectivity index (χ1v) is 12.9. The van der Waals surface area contributed by atoms with Crippen LogP contribution >= 0.6 is 15.9 Å². The Bertz CT molecular complexity index is 1400. The molecule has 0 saturated carbocycles. The van der Waals surface area contributed by atoms with Gasteiger partial charge in [-0.1, -0.05) is 30.3 Å². The van der Waals surface area contributed by atoms with Crippen molar-refractivity contribution in [1.29, 1.82) is 0 Å². The standard InChI is InChI=1S/C24H18BrF4N3O4S/c25-24(28,29)37(34,35)19-12-8-17(9-13-19)30-23(33)32-14-20(15-4-2-1-3-5-15)21(31-32)16-6-10-18(11-7-16)36-22(26)27/h1-13,20,22H,14H2,(H,30,33). The Morgan fingerprint density at radius 1 is 1.03 bits per heavy atom. The number of hydrogen-bond acceptors (Lipinski definition) is 5. The van der Waals surface area contributed by atoms with Crippen molar-refractivity contribution in [3.8, 4) is 5.75 Å². The van der Waals surface area contributed by atoms with Crippen LogP contribution in [0, 0.1) is 0 Å². The van der Waals surface area contributed by atoms with Crippen molar-refractivity contribution in [1.82, 2.24) is 5.01 Å². The number of hydrogen-bond donors (Lipinski definition) is 1. The van der Waals surface area contributed by atoms with Gasteiger partial charge in [-0.2, -0.15) is 22.7 Å². The molecule has 0 aromatic heterocycles. The van der Waals surface area contributed by atoms with E-state index in [9.17, 15) is 30.8 Å². The van der Waals surface area contributed by atoms with Crippen molar-refractivity contribution in [2.45, 2.75) is 21.6 Å². The highest BCUT2D eigenvalue weighted by Gasteiger charge is 2.43. The summed E-state index contributed by atoms with van der Waals surface area (Å²) in [5.41, 5.74) is 2.15. The van der Waals surface area contributed by atoms with Gasteiger partial charge in [0.15, 0.2) is 0 Å². The normalized spacial score (nSPS) is 16.0. The molecule has 3 aromatic rings. The third-order valence-corrected chi connectivity index (χ3v) is 8.23. The van der Waals surface area contributed by atoms with Gasteiger partial charge >= 0.3 is 16.8 Å². The lowest BCUT2D eigenvalue weighted by Gasteiger charge is -2.16. The van der Waals surface area contributed by atoms with Crippen LogP contribution < -0.4 is 10.1 Å². The molecule has 0 spiro atoms. The molecule has 37 heavy (non-hydrogen) atoms. The molecule has 7 nitrogen and oxygen atoms in total. The van der Waals surface area contributed by atoms with E-state index >= 15 is 0 Å². The van der Waals surface area contributed by atoms with Crippen molar-refractivity contribution >= 4 is 43.2 Å². The third-order valence-electron chi connectivity index (χ3n) is 5.45. The average Bonchev–Trinajstić information content (AvgIpc) is 3.30. The SMILES string of the molecule is O=C(Nc1ccc(S(=O)(=O)C(F)(F)Br)cc1)N1CC(c2ccccc2)C(c2ccc(OC(F)F)cc2)=N1. The highest BCUT2D eigenvalue weighted by molar-refractivity contribution is 9.11. The first kappa shape index (κ1) is 26.6. The van der Waals surface area contributed by atoms with E-state index in [0.717, 1.165) is 17.7 Å². The van der Waals surface area contributed by atoms with Crippen LogP contribution in [0.1, 0.15) is 17.0 Å². The van der Waals surface area contributed by atoms with Crippen LogP contribution in [0.25, 0.3) is 0 Å². The molecule has 13 heteroatoms. The minimum absolute atomic E-state index is 0.0219. The highest BCUT2D eigenvalue weighted by Crippen LogP contribution is 2.35.